The topological polar surface area (TPSA) is 56.6 Å². The molecule has 0 spiro atoms. The highest BCUT2D eigenvalue weighted by atomic mass is 35.5. The maximum Gasteiger partial charge on any atom is 0.264 e. The minimum Gasteiger partial charge on any atom is -0.493 e. The van der Waals surface area contributed by atoms with E-state index in [9.17, 15) is 4.79 Å². The van der Waals surface area contributed by atoms with Crippen molar-refractivity contribution in [2.45, 2.75) is 19.4 Å². The molecule has 6 rings (SSSR count). The largest absolute Gasteiger partial charge is 0.493 e. The highest BCUT2D eigenvalue weighted by Gasteiger charge is 2.35. The number of thiophene rings is 2. The number of aryl methyl sites for hydroxylation is 1. The van der Waals surface area contributed by atoms with Crippen LogP contribution in [0.25, 0.3) is 15.9 Å². The van der Waals surface area contributed by atoms with E-state index in [0.29, 0.717) is 27.9 Å². The van der Waals surface area contributed by atoms with Crippen LogP contribution in [0.3, 0.4) is 0 Å². The normalized spacial score (nSPS) is 15.1. The maximum atomic E-state index is 14.1. The van der Waals surface area contributed by atoms with Crippen molar-refractivity contribution in [3.05, 3.63) is 91.6 Å². The molecule has 5 aromatic rings. The number of carbonyl (C=O) groups is 1. The number of ether oxygens (including phenoxy) is 2. The molecule has 0 fully saturated rings. The van der Waals surface area contributed by atoms with Crippen LogP contribution < -0.4 is 9.47 Å². The van der Waals surface area contributed by atoms with Gasteiger partial charge in [0.1, 0.15) is 4.83 Å². The fourth-order valence-corrected chi connectivity index (χ4v) is 7.09. The van der Waals surface area contributed by atoms with E-state index in [-0.39, 0.29) is 11.9 Å². The number of fused-ring (bicyclic) bond motifs is 2. The van der Waals surface area contributed by atoms with E-state index in [1.807, 2.05) is 65.0 Å². The van der Waals surface area contributed by atoms with E-state index in [4.69, 9.17) is 26.2 Å². The van der Waals surface area contributed by atoms with Crippen molar-refractivity contribution < 1.29 is 14.3 Å². The van der Waals surface area contributed by atoms with Crippen LogP contribution in [0, 0.1) is 6.92 Å². The smallest absolute Gasteiger partial charge is 0.264 e. The molecule has 0 saturated heterocycles. The Morgan fingerprint density at radius 2 is 1.84 bits per heavy atom. The van der Waals surface area contributed by atoms with Crippen LogP contribution in [-0.4, -0.2) is 41.4 Å². The summed E-state index contributed by atoms with van der Waals surface area (Å²) in [5.74, 6) is 1.39. The number of nitrogens with zero attached hydrogens (tertiary/aromatic N) is 3. The van der Waals surface area contributed by atoms with E-state index >= 15 is 0 Å². The molecular weight excluding hydrogens is 526 g/mol. The van der Waals surface area contributed by atoms with Gasteiger partial charge in [0.05, 0.1) is 36.5 Å². The lowest BCUT2D eigenvalue weighted by Crippen LogP contribution is -2.40. The predicted molar refractivity (Wildman–Crippen MR) is 149 cm³/mol. The van der Waals surface area contributed by atoms with Gasteiger partial charge in [-0.2, -0.15) is 5.10 Å². The van der Waals surface area contributed by atoms with Crippen molar-refractivity contribution in [3.8, 4) is 17.2 Å². The lowest BCUT2D eigenvalue weighted by molar-refractivity contribution is 0.0702. The zero-order valence-electron chi connectivity index (χ0n) is 20.5. The van der Waals surface area contributed by atoms with Crippen LogP contribution >= 0.6 is 34.3 Å². The summed E-state index contributed by atoms with van der Waals surface area (Å²) >= 11 is 9.22. The Kier molecular flexibility index (Phi) is 6.18. The molecule has 4 heterocycles. The molecule has 3 aromatic heterocycles. The van der Waals surface area contributed by atoms with Crippen molar-refractivity contribution in [3.63, 3.8) is 0 Å². The second-order valence-electron chi connectivity index (χ2n) is 8.88. The van der Waals surface area contributed by atoms with Crippen LogP contribution in [0.4, 0.5) is 0 Å². The summed E-state index contributed by atoms with van der Waals surface area (Å²) in [6, 6.07) is 17.5. The summed E-state index contributed by atoms with van der Waals surface area (Å²) in [6.07, 6.45) is 0.742. The number of carbonyl (C=O) groups excluding carboxylic acids is 1. The number of benzene rings is 2. The molecule has 2 aromatic carbocycles. The summed E-state index contributed by atoms with van der Waals surface area (Å²) in [4.78, 5) is 18.8. The van der Waals surface area contributed by atoms with Gasteiger partial charge in [0.15, 0.2) is 11.5 Å². The van der Waals surface area contributed by atoms with Crippen LogP contribution in [0.2, 0.25) is 5.02 Å². The van der Waals surface area contributed by atoms with E-state index in [0.717, 1.165) is 38.5 Å². The first-order chi connectivity index (χ1) is 18.0. The molecule has 1 amide bonds. The van der Waals surface area contributed by atoms with Crippen molar-refractivity contribution in [2.75, 3.05) is 20.8 Å². The van der Waals surface area contributed by atoms with Crippen molar-refractivity contribution in [1.29, 1.82) is 0 Å². The SMILES string of the molecule is COc1cc2c(cc1OC)[C@H](c1cccs1)N(C(=O)c1cc3c(C)nn(-c4ccc(Cl)cc4)c3s1)CC2. The minimum absolute atomic E-state index is 0.0158. The molecule has 1 aliphatic rings. The number of hydrogen-bond acceptors (Lipinski definition) is 6. The Morgan fingerprint density at radius 3 is 2.54 bits per heavy atom. The number of rotatable bonds is 5. The Morgan fingerprint density at radius 1 is 1.08 bits per heavy atom. The van der Waals surface area contributed by atoms with Gasteiger partial charge in [0, 0.05) is 21.8 Å². The standard InChI is InChI=1S/C28H24ClN3O3S2/c1-16-20-15-25(37-28(20)32(30-16)19-8-6-18(29)7-9-19)27(33)31-11-10-17-13-22(34-2)23(35-3)14-21(17)26(31)24-5-4-12-36-24/h4-9,12-15,26H,10-11H2,1-3H3/t26-/m1/s1. The van der Waals surface area contributed by atoms with Gasteiger partial charge in [-0.3, -0.25) is 4.79 Å². The average Bonchev–Trinajstić information content (AvgIpc) is 3.66. The molecule has 0 N–H and O–H groups in total. The number of hydrogen-bond donors (Lipinski definition) is 0. The van der Waals surface area contributed by atoms with E-state index in [2.05, 4.69) is 11.4 Å². The number of amides is 1. The highest BCUT2D eigenvalue weighted by Crippen LogP contribution is 2.43. The summed E-state index contributed by atoms with van der Waals surface area (Å²) < 4.78 is 13.0. The number of halogens is 1. The molecular formula is C28H24ClN3O3S2. The Labute approximate surface area is 227 Å². The minimum atomic E-state index is -0.199. The van der Waals surface area contributed by atoms with Crippen LogP contribution in [-0.2, 0) is 6.42 Å². The van der Waals surface area contributed by atoms with Gasteiger partial charge in [0.25, 0.3) is 5.91 Å². The van der Waals surface area contributed by atoms with Crippen molar-refractivity contribution in [2.24, 2.45) is 0 Å². The lowest BCUT2D eigenvalue weighted by Gasteiger charge is -2.37. The molecule has 0 aliphatic carbocycles. The lowest BCUT2D eigenvalue weighted by atomic mass is 9.90. The number of aromatic nitrogens is 2. The summed E-state index contributed by atoms with van der Waals surface area (Å²) in [7, 11) is 3.29. The second-order valence-corrected chi connectivity index (χ2v) is 11.3. The predicted octanol–water partition coefficient (Wildman–Crippen LogP) is 6.92. The third kappa shape index (κ3) is 4.09. The molecule has 1 atom stereocenters. The van der Waals surface area contributed by atoms with Crippen molar-refractivity contribution in [1.82, 2.24) is 14.7 Å². The van der Waals surface area contributed by atoms with Gasteiger partial charge in [0.2, 0.25) is 0 Å². The van der Waals surface area contributed by atoms with Gasteiger partial charge >= 0.3 is 0 Å². The van der Waals surface area contributed by atoms with Crippen LogP contribution in [0.5, 0.6) is 11.5 Å². The average molecular weight is 550 g/mol. The molecule has 9 heteroatoms. The quantitative estimate of drug-likeness (QED) is 0.239. The zero-order chi connectivity index (χ0) is 25.7. The molecule has 1 aliphatic heterocycles. The van der Waals surface area contributed by atoms with Crippen molar-refractivity contribution >= 4 is 50.4 Å². The first-order valence-corrected chi connectivity index (χ1v) is 13.9. The van der Waals surface area contributed by atoms with Gasteiger partial charge < -0.3 is 14.4 Å². The number of methoxy groups -OCH3 is 2. The maximum absolute atomic E-state index is 14.1. The van der Waals surface area contributed by atoms with Crippen LogP contribution in [0.15, 0.2) is 60.0 Å². The van der Waals surface area contributed by atoms with Gasteiger partial charge in [-0.1, -0.05) is 17.7 Å². The zero-order valence-corrected chi connectivity index (χ0v) is 22.9. The Balaban J connectivity index is 1.43. The Hall–Kier alpha value is -3.33. The molecule has 0 bridgehead atoms. The molecule has 188 valence electrons. The first-order valence-electron chi connectivity index (χ1n) is 11.8. The van der Waals surface area contributed by atoms with E-state index in [1.54, 1.807) is 25.6 Å². The second kappa shape index (κ2) is 9.52. The third-order valence-electron chi connectivity index (χ3n) is 6.77. The van der Waals surface area contributed by atoms with Gasteiger partial charge in [-0.25, -0.2) is 4.68 Å². The monoisotopic (exact) mass is 549 g/mol. The summed E-state index contributed by atoms with van der Waals surface area (Å²) in [5, 5.41) is 8.43. The Bertz CT molecular complexity index is 1610. The molecule has 0 radical (unpaired) electrons. The first kappa shape index (κ1) is 24.0. The molecule has 0 saturated carbocycles. The highest BCUT2D eigenvalue weighted by molar-refractivity contribution is 7.20. The fourth-order valence-electron chi connectivity index (χ4n) is 4.97. The summed E-state index contributed by atoms with van der Waals surface area (Å²) in [6.45, 7) is 2.58. The fraction of sp³-hybridized carbons (Fsp3) is 0.214. The molecule has 37 heavy (non-hydrogen) atoms. The molecule has 0 unspecified atom stereocenters. The van der Waals surface area contributed by atoms with Crippen LogP contribution in [0.1, 0.15) is 37.4 Å². The van der Waals surface area contributed by atoms with E-state index in [1.165, 1.54) is 16.9 Å². The van der Waals surface area contributed by atoms with Gasteiger partial charge in [-0.15, -0.1) is 22.7 Å². The molecule has 6 nitrogen and oxygen atoms in total. The summed E-state index contributed by atoms with van der Waals surface area (Å²) in [5.41, 5.74) is 4.04. The third-order valence-corrected chi connectivity index (χ3v) is 9.05. The van der Waals surface area contributed by atoms with E-state index < -0.39 is 0 Å². The van der Waals surface area contributed by atoms with Gasteiger partial charge in [-0.05, 0) is 78.4 Å².